The van der Waals surface area contributed by atoms with E-state index in [-0.39, 0.29) is 6.04 Å². The van der Waals surface area contributed by atoms with Gasteiger partial charge in [0, 0.05) is 16.1 Å². The van der Waals surface area contributed by atoms with Gasteiger partial charge < -0.3 is 5.73 Å². The predicted molar refractivity (Wildman–Crippen MR) is 86.7 cm³/mol. The van der Waals surface area contributed by atoms with Gasteiger partial charge in [0.25, 0.3) is 0 Å². The molecule has 3 aromatic rings. The number of nitrogens with two attached hydrogens (primary N) is 1. The van der Waals surface area contributed by atoms with Crippen molar-refractivity contribution in [2.45, 2.75) is 13.0 Å². The Bertz CT molecular complexity index is 763. The molecule has 0 aliphatic rings. The molecule has 0 saturated carbocycles. The molecule has 3 rings (SSSR count). The smallest absolute Gasteiger partial charge is 0.0705 e. The van der Waals surface area contributed by atoms with Crippen molar-refractivity contribution in [1.29, 1.82) is 0 Å². The van der Waals surface area contributed by atoms with E-state index >= 15 is 0 Å². The first-order valence-electron chi connectivity index (χ1n) is 6.52. The first-order chi connectivity index (χ1) is 9.66. The summed E-state index contributed by atoms with van der Waals surface area (Å²) in [6.45, 7) is 2.08. The van der Waals surface area contributed by atoms with E-state index in [1.54, 1.807) is 6.20 Å². The summed E-state index contributed by atoms with van der Waals surface area (Å²) in [5.74, 6) is 0. The highest BCUT2D eigenvalue weighted by molar-refractivity contribution is 9.10. The van der Waals surface area contributed by atoms with E-state index in [1.165, 1.54) is 5.56 Å². The number of hydrogen-bond acceptors (Lipinski definition) is 2. The quantitative estimate of drug-likeness (QED) is 0.760. The van der Waals surface area contributed by atoms with Crippen molar-refractivity contribution in [3.05, 3.63) is 75.9 Å². The Balaban J connectivity index is 2.17. The van der Waals surface area contributed by atoms with Crippen molar-refractivity contribution in [2.24, 2.45) is 5.73 Å². The van der Waals surface area contributed by atoms with E-state index in [0.29, 0.717) is 0 Å². The van der Waals surface area contributed by atoms with Gasteiger partial charge in [0.05, 0.1) is 11.6 Å². The summed E-state index contributed by atoms with van der Waals surface area (Å²) in [4.78, 5) is 4.39. The van der Waals surface area contributed by atoms with Gasteiger partial charge in [0.1, 0.15) is 0 Å². The molecular weight excluding hydrogens is 312 g/mol. The summed E-state index contributed by atoms with van der Waals surface area (Å²) in [7, 11) is 0. The molecule has 2 N–H and O–H groups in total. The van der Waals surface area contributed by atoms with Crippen LogP contribution in [0.3, 0.4) is 0 Å². The van der Waals surface area contributed by atoms with Crippen LogP contribution < -0.4 is 5.73 Å². The van der Waals surface area contributed by atoms with Gasteiger partial charge in [-0.25, -0.2) is 0 Å². The standard InChI is InChI=1S/C17H15BrN2/c1-11-7-8-15(18)14(10-11)17(19)13-4-2-6-16-12(13)5-3-9-20-16/h2-10,17H,19H2,1H3. The van der Waals surface area contributed by atoms with Crippen LogP contribution in [0.5, 0.6) is 0 Å². The fourth-order valence-electron chi connectivity index (χ4n) is 2.47. The molecule has 20 heavy (non-hydrogen) atoms. The Morgan fingerprint density at radius 2 is 1.90 bits per heavy atom. The highest BCUT2D eigenvalue weighted by Crippen LogP contribution is 2.31. The van der Waals surface area contributed by atoms with E-state index in [4.69, 9.17) is 5.73 Å². The molecule has 2 nitrogen and oxygen atoms in total. The molecule has 2 aromatic carbocycles. The number of nitrogens with zero attached hydrogens (tertiary/aromatic N) is 1. The van der Waals surface area contributed by atoms with Crippen LogP contribution in [0.2, 0.25) is 0 Å². The number of fused-ring (bicyclic) bond motifs is 1. The maximum absolute atomic E-state index is 6.49. The summed E-state index contributed by atoms with van der Waals surface area (Å²) in [5.41, 5.74) is 10.9. The second-order valence-electron chi connectivity index (χ2n) is 4.92. The van der Waals surface area contributed by atoms with Gasteiger partial charge in [-0.1, -0.05) is 51.8 Å². The zero-order valence-corrected chi connectivity index (χ0v) is 12.8. The van der Waals surface area contributed by atoms with Crippen molar-refractivity contribution in [1.82, 2.24) is 4.98 Å². The van der Waals surface area contributed by atoms with Crippen LogP contribution in [-0.2, 0) is 0 Å². The second-order valence-corrected chi connectivity index (χ2v) is 5.77. The van der Waals surface area contributed by atoms with E-state index in [1.807, 2.05) is 24.3 Å². The molecule has 0 fully saturated rings. The van der Waals surface area contributed by atoms with Gasteiger partial charge in [-0.15, -0.1) is 0 Å². The lowest BCUT2D eigenvalue weighted by Gasteiger charge is -2.17. The van der Waals surface area contributed by atoms with E-state index in [2.05, 4.69) is 52.1 Å². The largest absolute Gasteiger partial charge is 0.320 e. The second kappa shape index (κ2) is 5.35. The Labute approximate surface area is 126 Å². The lowest BCUT2D eigenvalue weighted by atomic mass is 9.95. The maximum atomic E-state index is 6.49. The number of benzene rings is 2. The molecule has 0 amide bonds. The molecule has 1 unspecified atom stereocenters. The molecule has 1 atom stereocenters. The maximum Gasteiger partial charge on any atom is 0.0705 e. The topological polar surface area (TPSA) is 38.9 Å². The number of aromatic nitrogens is 1. The van der Waals surface area contributed by atoms with E-state index in [0.717, 1.165) is 26.5 Å². The number of pyridine rings is 1. The predicted octanol–water partition coefficient (Wildman–Crippen LogP) is 4.35. The zero-order valence-electron chi connectivity index (χ0n) is 11.2. The molecule has 1 aromatic heterocycles. The molecule has 0 bridgehead atoms. The van der Waals surface area contributed by atoms with Crippen LogP contribution in [0.1, 0.15) is 22.7 Å². The summed E-state index contributed by atoms with van der Waals surface area (Å²) >= 11 is 3.60. The molecule has 0 aliphatic carbocycles. The van der Waals surface area contributed by atoms with Crippen LogP contribution in [0.25, 0.3) is 10.9 Å². The van der Waals surface area contributed by atoms with Gasteiger partial charge in [-0.05, 0) is 36.2 Å². The van der Waals surface area contributed by atoms with Crippen molar-refractivity contribution >= 4 is 26.8 Å². The van der Waals surface area contributed by atoms with Gasteiger partial charge in [-0.3, -0.25) is 4.98 Å². The number of hydrogen-bond donors (Lipinski definition) is 1. The van der Waals surface area contributed by atoms with Gasteiger partial charge in [-0.2, -0.15) is 0 Å². The summed E-state index contributed by atoms with van der Waals surface area (Å²) in [6, 6.07) is 16.2. The molecule has 3 heteroatoms. The monoisotopic (exact) mass is 326 g/mol. The lowest BCUT2D eigenvalue weighted by molar-refractivity contribution is 0.872. The third-order valence-electron chi connectivity index (χ3n) is 3.50. The molecule has 0 radical (unpaired) electrons. The highest BCUT2D eigenvalue weighted by atomic mass is 79.9. The molecular formula is C17H15BrN2. The van der Waals surface area contributed by atoms with Crippen LogP contribution in [0.15, 0.2) is 59.2 Å². The lowest BCUT2D eigenvalue weighted by Crippen LogP contribution is -2.13. The van der Waals surface area contributed by atoms with Crippen molar-refractivity contribution in [3.63, 3.8) is 0 Å². The van der Waals surface area contributed by atoms with Crippen LogP contribution >= 0.6 is 15.9 Å². The number of aryl methyl sites for hydroxylation is 1. The third kappa shape index (κ3) is 2.35. The average Bonchev–Trinajstić information content (AvgIpc) is 2.48. The SMILES string of the molecule is Cc1ccc(Br)c(C(N)c2cccc3ncccc23)c1. The third-order valence-corrected chi connectivity index (χ3v) is 4.22. The minimum Gasteiger partial charge on any atom is -0.320 e. The van der Waals surface area contributed by atoms with Gasteiger partial charge in [0.15, 0.2) is 0 Å². The summed E-state index contributed by atoms with van der Waals surface area (Å²) < 4.78 is 1.04. The van der Waals surface area contributed by atoms with E-state index < -0.39 is 0 Å². The van der Waals surface area contributed by atoms with Crippen molar-refractivity contribution in [3.8, 4) is 0 Å². The van der Waals surface area contributed by atoms with Gasteiger partial charge >= 0.3 is 0 Å². The van der Waals surface area contributed by atoms with E-state index in [9.17, 15) is 0 Å². The highest BCUT2D eigenvalue weighted by Gasteiger charge is 2.15. The Morgan fingerprint density at radius 3 is 2.75 bits per heavy atom. The zero-order chi connectivity index (χ0) is 14.1. The molecule has 0 saturated heterocycles. The molecule has 100 valence electrons. The van der Waals surface area contributed by atoms with Crippen molar-refractivity contribution < 1.29 is 0 Å². The Kier molecular flexibility index (Phi) is 3.55. The number of rotatable bonds is 2. The molecule has 1 heterocycles. The molecule has 0 aliphatic heterocycles. The van der Waals surface area contributed by atoms with Crippen molar-refractivity contribution in [2.75, 3.05) is 0 Å². The Morgan fingerprint density at radius 1 is 1.05 bits per heavy atom. The number of halogens is 1. The van der Waals surface area contributed by atoms with Crippen LogP contribution in [-0.4, -0.2) is 4.98 Å². The van der Waals surface area contributed by atoms with Crippen LogP contribution in [0, 0.1) is 6.92 Å². The first kappa shape index (κ1) is 13.3. The molecule has 0 spiro atoms. The Hall–Kier alpha value is -1.71. The van der Waals surface area contributed by atoms with Crippen LogP contribution in [0.4, 0.5) is 0 Å². The fourth-order valence-corrected chi connectivity index (χ4v) is 2.96. The minimum absolute atomic E-state index is 0.169. The normalized spacial score (nSPS) is 12.6. The van der Waals surface area contributed by atoms with Gasteiger partial charge in [0.2, 0.25) is 0 Å². The minimum atomic E-state index is -0.169. The average molecular weight is 327 g/mol. The summed E-state index contributed by atoms with van der Waals surface area (Å²) in [6.07, 6.45) is 1.81. The fraction of sp³-hybridized carbons (Fsp3) is 0.118. The first-order valence-corrected chi connectivity index (χ1v) is 7.31. The summed E-state index contributed by atoms with van der Waals surface area (Å²) in [5, 5.41) is 1.11.